The van der Waals surface area contributed by atoms with Gasteiger partial charge in [-0.15, -0.1) is 0 Å². The molecule has 136 valence electrons. The van der Waals surface area contributed by atoms with E-state index in [1.807, 2.05) is 29.2 Å². The van der Waals surface area contributed by atoms with Crippen LogP contribution in [0.1, 0.15) is 30.0 Å². The van der Waals surface area contributed by atoms with Crippen LogP contribution in [0.4, 0.5) is 4.79 Å². The monoisotopic (exact) mass is 349 g/mol. The Kier molecular flexibility index (Phi) is 5.21. The highest BCUT2D eigenvalue weighted by Crippen LogP contribution is 2.33. The lowest BCUT2D eigenvalue weighted by molar-refractivity contribution is 0.0893. The fraction of sp³-hybridized carbons (Fsp3) is 0.409. The van der Waals surface area contributed by atoms with Gasteiger partial charge in [0.2, 0.25) is 0 Å². The maximum Gasteiger partial charge on any atom is 0.318 e. The van der Waals surface area contributed by atoms with Crippen molar-refractivity contribution in [2.45, 2.75) is 31.3 Å². The van der Waals surface area contributed by atoms with E-state index in [1.165, 1.54) is 24.0 Å². The molecule has 2 aliphatic rings. The third-order valence-corrected chi connectivity index (χ3v) is 5.45. The molecule has 4 heteroatoms. The van der Waals surface area contributed by atoms with Crippen molar-refractivity contribution in [2.24, 2.45) is 0 Å². The standard InChI is InChI=1S/C22H27N3O/c26-22(23-14-13-18-7-3-1-4-8-18)25-16-15-24(20-11-12-20)17-21(25)19-9-5-2-6-10-19/h1-10,20-21H,11-17H2,(H,23,26). The molecular formula is C22H27N3O. The third-order valence-electron chi connectivity index (χ3n) is 5.45. The topological polar surface area (TPSA) is 35.6 Å². The van der Waals surface area contributed by atoms with Crippen molar-refractivity contribution < 1.29 is 4.79 Å². The van der Waals surface area contributed by atoms with Gasteiger partial charge < -0.3 is 10.2 Å². The van der Waals surface area contributed by atoms with Gasteiger partial charge in [-0.2, -0.15) is 0 Å². The summed E-state index contributed by atoms with van der Waals surface area (Å²) in [4.78, 5) is 17.4. The van der Waals surface area contributed by atoms with E-state index in [4.69, 9.17) is 0 Å². The summed E-state index contributed by atoms with van der Waals surface area (Å²) < 4.78 is 0. The van der Waals surface area contributed by atoms with Gasteiger partial charge in [0.25, 0.3) is 0 Å². The maximum atomic E-state index is 12.9. The van der Waals surface area contributed by atoms with E-state index in [-0.39, 0.29) is 12.1 Å². The molecule has 4 rings (SSSR count). The minimum atomic E-state index is 0.0604. The summed E-state index contributed by atoms with van der Waals surface area (Å²) in [6.07, 6.45) is 3.49. The van der Waals surface area contributed by atoms with Gasteiger partial charge in [-0.05, 0) is 30.4 Å². The normalized spacial score (nSPS) is 20.8. The molecule has 0 bridgehead atoms. The summed E-state index contributed by atoms with van der Waals surface area (Å²) in [6.45, 7) is 3.40. The summed E-state index contributed by atoms with van der Waals surface area (Å²) in [5.74, 6) is 0. The quantitative estimate of drug-likeness (QED) is 0.897. The van der Waals surface area contributed by atoms with E-state index in [0.29, 0.717) is 6.54 Å². The lowest BCUT2D eigenvalue weighted by atomic mass is 10.0. The van der Waals surface area contributed by atoms with Crippen molar-refractivity contribution in [3.8, 4) is 0 Å². The van der Waals surface area contributed by atoms with Gasteiger partial charge in [0.05, 0.1) is 6.04 Å². The molecule has 1 atom stereocenters. The maximum absolute atomic E-state index is 12.9. The van der Waals surface area contributed by atoms with E-state index >= 15 is 0 Å². The minimum absolute atomic E-state index is 0.0604. The fourth-order valence-electron chi connectivity index (χ4n) is 3.84. The summed E-state index contributed by atoms with van der Waals surface area (Å²) >= 11 is 0. The van der Waals surface area contributed by atoms with Gasteiger partial charge in [-0.25, -0.2) is 4.79 Å². The highest BCUT2D eigenvalue weighted by atomic mass is 16.2. The first-order valence-electron chi connectivity index (χ1n) is 9.68. The van der Waals surface area contributed by atoms with Crippen LogP contribution in [0.3, 0.4) is 0 Å². The van der Waals surface area contributed by atoms with Gasteiger partial charge in [0.1, 0.15) is 0 Å². The smallest absolute Gasteiger partial charge is 0.318 e. The molecule has 1 aliphatic carbocycles. The molecule has 2 amide bonds. The molecule has 2 aromatic carbocycles. The Balaban J connectivity index is 1.40. The Morgan fingerprint density at radius 1 is 0.962 bits per heavy atom. The Bertz CT molecular complexity index is 715. The predicted molar refractivity (Wildman–Crippen MR) is 104 cm³/mol. The first-order valence-corrected chi connectivity index (χ1v) is 9.68. The highest BCUT2D eigenvalue weighted by Gasteiger charge is 2.37. The molecule has 4 nitrogen and oxygen atoms in total. The molecule has 1 unspecified atom stereocenters. The van der Waals surface area contributed by atoms with Crippen LogP contribution in [0.5, 0.6) is 0 Å². The molecule has 2 fully saturated rings. The number of carbonyl (C=O) groups excluding carboxylic acids is 1. The molecule has 26 heavy (non-hydrogen) atoms. The first-order chi connectivity index (χ1) is 12.8. The second-order valence-electron chi connectivity index (χ2n) is 7.31. The number of carbonyl (C=O) groups is 1. The molecule has 1 heterocycles. The minimum Gasteiger partial charge on any atom is -0.338 e. The van der Waals surface area contributed by atoms with E-state index in [0.717, 1.165) is 32.1 Å². The van der Waals surface area contributed by atoms with Crippen molar-refractivity contribution in [3.63, 3.8) is 0 Å². The van der Waals surface area contributed by atoms with Crippen LogP contribution in [-0.4, -0.2) is 48.1 Å². The second kappa shape index (κ2) is 7.92. The van der Waals surface area contributed by atoms with Gasteiger partial charge >= 0.3 is 6.03 Å². The summed E-state index contributed by atoms with van der Waals surface area (Å²) in [5.41, 5.74) is 2.49. The highest BCUT2D eigenvalue weighted by molar-refractivity contribution is 5.75. The zero-order valence-corrected chi connectivity index (χ0v) is 15.2. The number of nitrogens with zero attached hydrogens (tertiary/aromatic N) is 2. The van der Waals surface area contributed by atoms with Crippen LogP contribution < -0.4 is 5.32 Å². The molecule has 0 aromatic heterocycles. The fourth-order valence-corrected chi connectivity index (χ4v) is 3.84. The van der Waals surface area contributed by atoms with Crippen molar-refractivity contribution in [3.05, 3.63) is 71.8 Å². The van der Waals surface area contributed by atoms with Crippen molar-refractivity contribution in [1.29, 1.82) is 0 Å². The van der Waals surface area contributed by atoms with Crippen molar-refractivity contribution >= 4 is 6.03 Å². The summed E-state index contributed by atoms with van der Waals surface area (Å²) in [6, 6.07) is 21.7. The Morgan fingerprint density at radius 2 is 1.65 bits per heavy atom. The summed E-state index contributed by atoms with van der Waals surface area (Å²) in [5, 5.41) is 3.13. The number of hydrogen-bond acceptors (Lipinski definition) is 2. The van der Waals surface area contributed by atoms with Gasteiger partial charge in [0, 0.05) is 32.2 Å². The molecule has 0 spiro atoms. The van der Waals surface area contributed by atoms with Crippen LogP contribution in [-0.2, 0) is 6.42 Å². The van der Waals surface area contributed by atoms with Crippen LogP contribution in [0.15, 0.2) is 60.7 Å². The molecule has 1 saturated carbocycles. The largest absolute Gasteiger partial charge is 0.338 e. The molecule has 0 radical (unpaired) electrons. The molecule has 1 saturated heterocycles. The van der Waals surface area contributed by atoms with E-state index in [1.54, 1.807) is 0 Å². The number of rotatable bonds is 5. The average Bonchev–Trinajstić information content (AvgIpc) is 3.54. The SMILES string of the molecule is O=C(NCCc1ccccc1)N1CCN(C2CC2)CC1c1ccccc1. The molecule has 1 aliphatic heterocycles. The van der Waals surface area contributed by atoms with Crippen LogP contribution >= 0.6 is 0 Å². The van der Waals surface area contributed by atoms with Gasteiger partial charge in [-0.1, -0.05) is 60.7 Å². The first kappa shape index (κ1) is 17.1. The molecule has 2 aromatic rings. The summed E-state index contributed by atoms with van der Waals surface area (Å²) in [7, 11) is 0. The van der Waals surface area contributed by atoms with Crippen LogP contribution in [0.2, 0.25) is 0 Å². The van der Waals surface area contributed by atoms with Gasteiger partial charge in [-0.3, -0.25) is 4.90 Å². The van der Waals surface area contributed by atoms with E-state index in [9.17, 15) is 4.79 Å². The van der Waals surface area contributed by atoms with Crippen molar-refractivity contribution in [2.75, 3.05) is 26.2 Å². The molecule has 1 N–H and O–H groups in total. The van der Waals surface area contributed by atoms with E-state index in [2.05, 4.69) is 46.6 Å². The molecular weight excluding hydrogens is 322 g/mol. The van der Waals surface area contributed by atoms with Crippen LogP contribution in [0, 0.1) is 0 Å². The zero-order chi connectivity index (χ0) is 17.8. The van der Waals surface area contributed by atoms with Crippen LogP contribution in [0.25, 0.3) is 0 Å². The van der Waals surface area contributed by atoms with E-state index < -0.39 is 0 Å². The number of nitrogens with one attached hydrogen (secondary N) is 1. The number of amides is 2. The average molecular weight is 349 g/mol. The van der Waals surface area contributed by atoms with Crippen molar-refractivity contribution in [1.82, 2.24) is 15.1 Å². The predicted octanol–water partition coefficient (Wildman–Crippen LogP) is 3.46. The number of urea groups is 1. The Hall–Kier alpha value is -2.33. The second-order valence-corrected chi connectivity index (χ2v) is 7.31. The zero-order valence-electron chi connectivity index (χ0n) is 15.2. The lowest BCUT2D eigenvalue weighted by Crippen LogP contribution is -2.54. The number of piperazine rings is 1. The number of hydrogen-bond donors (Lipinski definition) is 1. The lowest BCUT2D eigenvalue weighted by Gasteiger charge is -2.41. The number of benzene rings is 2. The Labute approximate surface area is 155 Å². The van der Waals surface area contributed by atoms with Gasteiger partial charge in [0.15, 0.2) is 0 Å². The Morgan fingerprint density at radius 3 is 2.35 bits per heavy atom. The third kappa shape index (κ3) is 4.07.